The summed E-state index contributed by atoms with van der Waals surface area (Å²) in [6, 6.07) is 4.53. The first-order valence-corrected chi connectivity index (χ1v) is 13.1. The molecular weight excluding hydrogens is 521 g/mol. The van der Waals surface area contributed by atoms with Gasteiger partial charge in [-0.1, -0.05) is 12.5 Å². The number of amidine groups is 2. The Balaban J connectivity index is 4.13. The Labute approximate surface area is 233 Å². The van der Waals surface area contributed by atoms with Gasteiger partial charge in [0.15, 0.2) is 11.6 Å². The highest BCUT2D eigenvalue weighted by molar-refractivity contribution is 7.98. The Bertz CT molecular complexity index is 1260. The maximum Gasteiger partial charge on any atom is 0.323 e. The molecule has 1 aromatic carbocycles. The van der Waals surface area contributed by atoms with Gasteiger partial charge >= 0.3 is 5.97 Å². The van der Waals surface area contributed by atoms with Gasteiger partial charge in [0, 0.05) is 41.2 Å². The Morgan fingerprint density at radius 2 is 1.90 bits per heavy atom. The molecule has 12 heteroatoms. The zero-order chi connectivity index (χ0) is 29.7. The normalized spacial score (nSPS) is 14.8. The minimum absolute atomic E-state index is 0.00631. The number of aliphatic carboxylic acids is 1. The van der Waals surface area contributed by atoms with Crippen LogP contribution in [-0.2, 0) is 9.53 Å². The minimum Gasteiger partial charge on any atom is -0.492 e. The number of aliphatic imine (C=N–C) groups is 3. The molecule has 10 nitrogen and oxygen atoms in total. The van der Waals surface area contributed by atoms with Crippen molar-refractivity contribution in [2.24, 2.45) is 32.2 Å². The molecule has 1 aromatic rings. The van der Waals surface area contributed by atoms with Gasteiger partial charge in [0.2, 0.25) is 0 Å². The molecule has 0 saturated heterocycles. The van der Waals surface area contributed by atoms with Crippen LogP contribution in [0.15, 0.2) is 84.3 Å². The van der Waals surface area contributed by atoms with Crippen molar-refractivity contribution >= 4 is 41.3 Å². The van der Waals surface area contributed by atoms with Gasteiger partial charge in [-0.05, 0) is 57.7 Å². The third-order valence-corrected chi connectivity index (χ3v) is 6.06. The molecule has 0 aliphatic carbocycles. The quantitative estimate of drug-likeness (QED) is 0.0974. The lowest BCUT2D eigenvalue weighted by Crippen LogP contribution is -2.35. The van der Waals surface area contributed by atoms with Crippen LogP contribution >= 0.6 is 11.8 Å². The van der Waals surface area contributed by atoms with Crippen LogP contribution in [-0.4, -0.2) is 55.9 Å². The van der Waals surface area contributed by atoms with Crippen molar-refractivity contribution < 1.29 is 19.0 Å². The van der Waals surface area contributed by atoms with Gasteiger partial charge in [-0.3, -0.25) is 9.79 Å². The number of carboxylic acid groups (broad SMARTS) is 1. The monoisotopic (exact) mass is 559 g/mol. The van der Waals surface area contributed by atoms with Crippen LogP contribution < -0.4 is 22.1 Å². The molecule has 0 aromatic heterocycles. The van der Waals surface area contributed by atoms with Crippen LogP contribution in [0, 0.1) is 5.82 Å². The lowest BCUT2D eigenvalue weighted by Gasteiger charge is -2.24. The zero-order valence-corrected chi connectivity index (χ0v) is 24.3. The van der Waals surface area contributed by atoms with Crippen LogP contribution in [0.25, 0.3) is 0 Å². The molecule has 0 unspecified atom stereocenters. The Kier molecular flexibility index (Phi) is 13.5. The van der Waals surface area contributed by atoms with E-state index in [0.717, 1.165) is 5.57 Å². The molecule has 0 fully saturated rings. The molecule has 0 aliphatic rings. The van der Waals surface area contributed by atoms with E-state index in [9.17, 15) is 9.90 Å². The number of nitrogens with two attached hydrogens (primary N) is 3. The van der Waals surface area contributed by atoms with Crippen molar-refractivity contribution in [1.82, 2.24) is 0 Å². The van der Waals surface area contributed by atoms with E-state index in [0.29, 0.717) is 28.2 Å². The Morgan fingerprint density at radius 3 is 2.36 bits per heavy atom. The van der Waals surface area contributed by atoms with E-state index >= 15 is 4.39 Å². The molecule has 39 heavy (non-hydrogen) atoms. The number of thioether (sulfide) groups is 1. The molecule has 0 atom stereocenters. The van der Waals surface area contributed by atoms with Crippen molar-refractivity contribution in [2.45, 2.75) is 39.0 Å². The number of carboxylic acids is 1. The maximum atomic E-state index is 15.1. The summed E-state index contributed by atoms with van der Waals surface area (Å²) in [4.78, 5) is 26.8. The Morgan fingerprint density at radius 1 is 1.23 bits per heavy atom. The predicted molar refractivity (Wildman–Crippen MR) is 160 cm³/mol. The third-order valence-electron chi connectivity index (χ3n) is 5.34. The van der Waals surface area contributed by atoms with Gasteiger partial charge in [0.05, 0.1) is 12.8 Å². The van der Waals surface area contributed by atoms with E-state index in [-0.39, 0.29) is 28.9 Å². The number of ether oxygens (including phenoxy) is 1. The summed E-state index contributed by atoms with van der Waals surface area (Å²) in [6.07, 6.45) is 6.84. The van der Waals surface area contributed by atoms with Crippen LogP contribution in [0.3, 0.4) is 0 Å². The van der Waals surface area contributed by atoms with Gasteiger partial charge in [-0.2, -0.15) is 0 Å². The molecule has 0 amide bonds. The lowest BCUT2D eigenvalue weighted by molar-refractivity contribution is -0.135. The van der Waals surface area contributed by atoms with E-state index in [4.69, 9.17) is 21.9 Å². The molecule has 1 rings (SSSR count). The number of benzene rings is 1. The highest BCUT2D eigenvalue weighted by Gasteiger charge is 2.22. The van der Waals surface area contributed by atoms with Crippen LogP contribution in [0.1, 0.15) is 34.1 Å². The highest BCUT2D eigenvalue weighted by atomic mass is 32.2. The number of anilines is 1. The number of methoxy groups -OCH3 is 1. The minimum atomic E-state index is -1.19. The average molecular weight is 560 g/mol. The number of rotatable bonds is 12. The second-order valence-electron chi connectivity index (χ2n) is 8.26. The average Bonchev–Trinajstić information content (AvgIpc) is 2.87. The van der Waals surface area contributed by atoms with Gasteiger partial charge < -0.3 is 31.9 Å². The first-order chi connectivity index (χ1) is 18.4. The first kappa shape index (κ1) is 33.0. The number of nitrogens with zero attached hydrogens (tertiary/aromatic N) is 4. The molecule has 0 aliphatic heterocycles. The second-order valence-corrected chi connectivity index (χ2v) is 9.14. The van der Waals surface area contributed by atoms with Crippen molar-refractivity contribution in [3.63, 3.8) is 0 Å². The van der Waals surface area contributed by atoms with Gasteiger partial charge in [-0.25, -0.2) is 14.4 Å². The van der Waals surface area contributed by atoms with Gasteiger partial charge in [0.25, 0.3) is 0 Å². The van der Waals surface area contributed by atoms with Gasteiger partial charge in [0.1, 0.15) is 24.0 Å². The van der Waals surface area contributed by atoms with Crippen molar-refractivity contribution in [2.75, 3.05) is 31.9 Å². The zero-order valence-electron chi connectivity index (χ0n) is 23.4. The molecular formula is C27H38FN7O3S. The maximum absolute atomic E-state index is 15.1. The number of hydrogen-bond acceptors (Lipinski definition) is 8. The van der Waals surface area contributed by atoms with Crippen molar-refractivity contribution in [3.05, 3.63) is 70.3 Å². The number of carbonyl (C=O) groups is 1. The highest BCUT2D eigenvalue weighted by Crippen LogP contribution is 2.30. The van der Waals surface area contributed by atoms with E-state index < -0.39 is 18.3 Å². The molecule has 7 N–H and O–H groups in total. The fourth-order valence-electron chi connectivity index (χ4n) is 3.45. The fraction of sp³-hybridized carbons (Fsp3) is 0.333. The largest absolute Gasteiger partial charge is 0.492 e. The first-order valence-electron chi connectivity index (χ1n) is 11.9. The second kappa shape index (κ2) is 16.0. The molecule has 212 valence electrons. The summed E-state index contributed by atoms with van der Waals surface area (Å²) < 4.78 is 20.9. The number of allylic oxidation sites excluding steroid dienone is 3. The lowest BCUT2D eigenvalue weighted by atomic mass is 9.98. The van der Waals surface area contributed by atoms with E-state index in [1.165, 1.54) is 55.1 Å². The number of halogens is 1. The standard InChI is InChI=1S/C27H38FN7O3S/c1-8-16(2)25(19(13-29)14-32-5)26(38-6)27(34-23(31)11-17(3)30)33-18(4)35(15-24(36)37)22-10-9-20(39-7)12-21(22)28/h9-14H,8,15,29-30H2,1-7H3,(H2,31,34)(H,36,37)/b17-11-,19-13+,25-16+,27-26-,32-14?,33-18+. The molecule has 0 bridgehead atoms. The summed E-state index contributed by atoms with van der Waals surface area (Å²) >= 11 is 1.36. The topological polar surface area (TPSA) is 165 Å². The number of hydrogen-bond donors (Lipinski definition) is 4. The van der Waals surface area contributed by atoms with E-state index in [2.05, 4.69) is 15.0 Å². The van der Waals surface area contributed by atoms with Crippen molar-refractivity contribution in [3.8, 4) is 0 Å². The van der Waals surface area contributed by atoms with Crippen LogP contribution in [0.5, 0.6) is 0 Å². The smallest absolute Gasteiger partial charge is 0.323 e. The van der Waals surface area contributed by atoms with Crippen LogP contribution in [0.4, 0.5) is 10.1 Å². The van der Waals surface area contributed by atoms with Crippen molar-refractivity contribution in [1.29, 1.82) is 0 Å². The van der Waals surface area contributed by atoms with Gasteiger partial charge in [-0.15, -0.1) is 11.8 Å². The third kappa shape index (κ3) is 9.64. The molecule has 0 radical (unpaired) electrons. The molecule has 0 heterocycles. The van der Waals surface area contributed by atoms with E-state index in [1.807, 2.05) is 20.1 Å². The SMILES string of the molecule is CC/C(C)=C(C(\C=NC)=C\N)/C(OC)=C(/N=C(N)\C=C(\C)N)\N=C(/C)N(CC(=O)O)c1ccc(SC)cc1F. The fourth-order valence-corrected chi connectivity index (χ4v) is 3.88. The Hall–Kier alpha value is -4.06. The van der Waals surface area contributed by atoms with E-state index in [1.54, 1.807) is 26.3 Å². The summed E-state index contributed by atoms with van der Waals surface area (Å²) in [5.74, 6) is -1.45. The molecule has 0 spiro atoms. The summed E-state index contributed by atoms with van der Waals surface area (Å²) in [7, 11) is 3.04. The van der Waals surface area contributed by atoms with Crippen LogP contribution in [0.2, 0.25) is 0 Å². The predicted octanol–water partition coefficient (Wildman–Crippen LogP) is 4.16. The summed E-state index contributed by atoms with van der Waals surface area (Å²) in [5, 5.41) is 9.60. The summed E-state index contributed by atoms with van der Waals surface area (Å²) in [6.45, 7) is 6.48. The molecule has 0 saturated carbocycles. The summed E-state index contributed by atoms with van der Waals surface area (Å²) in [5.41, 5.74) is 20.3.